The molecule has 1 aliphatic rings. The number of ether oxygens (including phenoxy) is 1. The minimum absolute atomic E-state index is 0.316. The molecule has 0 aliphatic carbocycles. The van der Waals surface area contributed by atoms with Crippen molar-refractivity contribution >= 4 is 5.96 Å². The molecule has 5 heteroatoms. The maximum absolute atomic E-state index is 5.99. The molecule has 5 nitrogen and oxygen atoms in total. The first kappa shape index (κ1) is 17.6. The molecular formula is C18H30N4O. The molecule has 0 spiro atoms. The van der Waals surface area contributed by atoms with Gasteiger partial charge in [0, 0.05) is 13.1 Å². The second kappa shape index (κ2) is 8.77. The average Bonchev–Trinajstić information content (AvgIpc) is 3.08. The quantitative estimate of drug-likeness (QED) is 0.598. The van der Waals surface area contributed by atoms with Crippen molar-refractivity contribution in [1.29, 1.82) is 0 Å². The van der Waals surface area contributed by atoms with E-state index < -0.39 is 0 Å². The van der Waals surface area contributed by atoms with Crippen molar-refractivity contribution in [2.45, 2.75) is 32.7 Å². The molecule has 3 N–H and O–H groups in total. The van der Waals surface area contributed by atoms with Crippen LogP contribution < -0.4 is 15.8 Å². The third kappa shape index (κ3) is 5.43. The summed E-state index contributed by atoms with van der Waals surface area (Å²) in [6.45, 7) is 8.10. The molecular weight excluding hydrogens is 288 g/mol. The van der Waals surface area contributed by atoms with Crippen LogP contribution in [0.1, 0.15) is 38.3 Å². The molecule has 1 aromatic rings. The lowest BCUT2D eigenvalue weighted by Gasteiger charge is -2.28. The number of nitrogens with one attached hydrogen (secondary N) is 1. The van der Waals surface area contributed by atoms with Crippen LogP contribution in [0.5, 0.6) is 5.75 Å². The van der Waals surface area contributed by atoms with Crippen LogP contribution >= 0.6 is 0 Å². The number of hydrogen-bond acceptors (Lipinski definition) is 3. The zero-order chi connectivity index (χ0) is 16.7. The summed E-state index contributed by atoms with van der Waals surface area (Å²) in [7, 11) is 1.69. The summed E-state index contributed by atoms with van der Waals surface area (Å²) < 4.78 is 5.26. The second-order valence-electron chi connectivity index (χ2n) is 6.53. The van der Waals surface area contributed by atoms with E-state index >= 15 is 0 Å². The monoisotopic (exact) mass is 318 g/mol. The molecule has 1 aliphatic heterocycles. The van der Waals surface area contributed by atoms with E-state index in [1.807, 2.05) is 12.1 Å². The van der Waals surface area contributed by atoms with Gasteiger partial charge < -0.3 is 15.8 Å². The first-order chi connectivity index (χ1) is 11.1. The first-order valence-electron chi connectivity index (χ1n) is 8.52. The summed E-state index contributed by atoms with van der Waals surface area (Å²) in [5.41, 5.74) is 7.28. The molecule has 1 aromatic carbocycles. The van der Waals surface area contributed by atoms with Gasteiger partial charge in [-0.05, 0) is 49.5 Å². The van der Waals surface area contributed by atoms with E-state index in [2.05, 4.69) is 41.2 Å². The molecule has 128 valence electrons. The highest BCUT2D eigenvalue weighted by molar-refractivity contribution is 5.77. The minimum Gasteiger partial charge on any atom is -0.497 e. The van der Waals surface area contributed by atoms with E-state index in [4.69, 9.17) is 10.5 Å². The van der Waals surface area contributed by atoms with Gasteiger partial charge in [0.2, 0.25) is 0 Å². The normalized spacial score (nSPS) is 17.5. The predicted molar refractivity (Wildman–Crippen MR) is 95.9 cm³/mol. The third-order valence-electron chi connectivity index (χ3n) is 4.19. The Labute approximate surface area is 139 Å². The maximum atomic E-state index is 5.99. The van der Waals surface area contributed by atoms with E-state index in [0.717, 1.165) is 31.9 Å². The van der Waals surface area contributed by atoms with Gasteiger partial charge in [-0.1, -0.05) is 26.0 Å². The van der Waals surface area contributed by atoms with Crippen molar-refractivity contribution in [3.8, 4) is 5.75 Å². The highest BCUT2D eigenvalue weighted by Gasteiger charge is 2.23. The molecule has 0 bridgehead atoms. The Morgan fingerprint density at radius 1 is 1.26 bits per heavy atom. The molecule has 1 atom stereocenters. The average molecular weight is 318 g/mol. The van der Waals surface area contributed by atoms with Crippen LogP contribution in [0, 0.1) is 5.92 Å². The number of guanidine groups is 1. The van der Waals surface area contributed by atoms with Gasteiger partial charge in [-0.2, -0.15) is 0 Å². The lowest BCUT2D eigenvalue weighted by molar-refractivity contribution is 0.245. The molecule has 0 amide bonds. The number of benzene rings is 1. The van der Waals surface area contributed by atoms with Crippen LogP contribution in [-0.2, 0) is 0 Å². The van der Waals surface area contributed by atoms with Crippen molar-refractivity contribution in [1.82, 2.24) is 10.2 Å². The second-order valence-corrected chi connectivity index (χ2v) is 6.53. The third-order valence-corrected chi connectivity index (χ3v) is 4.19. The van der Waals surface area contributed by atoms with Crippen molar-refractivity contribution in [2.75, 3.05) is 33.3 Å². The van der Waals surface area contributed by atoms with E-state index in [-0.39, 0.29) is 0 Å². The maximum Gasteiger partial charge on any atom is 0.188 e. The Bertz CT molecular complexity index is 492. The van der Waals surface area contributed by atoms with Gasteiger partial charge in [-0.15, -0.1) is 0 Å². The first-order valence-corrected chi connectivity index (χ1v) is 8.52. The fourth-order valence-electron chi connectivity index (χ4n) is 2.88. The molecule has 1 fully saturated rings. The molecule has 2 rings (SSSR count). The summed E-state index contributed by atoms with van der Waals surface area (Å²) in [5, 5.41) is 3.30. The van der Waals surface area contributed by atoms with E-state index in [9.17, 15) is 0 Å². The number of hydrogen-bond donors (Lipinski definition) is 2. The van der Waals surface area contributed by atoms with Crippen LogP contribution in [0.4, 0.5) is 0 Å². The summed E-state index contributed by atoms with van der Waals surface area (Å²) in [6, 6.07) is 8.65. The molecule has 0 saturated carbocycles. The van der Waals surface area contributed by atoms with Crippen LogP contribution in [0.15, 0.2) is 29.3 Å². The van der Waals surface area contributed by atoms with Crippen molar-refractivity contribution < 1.29 is 4.74 Å². The lowest BCUT2D eigenvalue weighted by atomic mass is 10.1. The molecule has 1 unspecified atom stereocenters. The van der Waals surface area contributed by atoms with E-state index in [0.29, 0.717) is 17.9 Å². The fraction of sp³-hybridized carbons (Fsp3) is 0.611. The van der Waals surface area contributed by atoms with Gasteiger partial charge in [0.05, 0.1) is 13.2 Å². The SMILES string of the molecule is COc1ccc(C(CNC(N)=NCC(C)C)N2CCCC2)cc1. The molecule has 0 aromatic heterocycles. The van der Waals surface area contributed by atoms with Crippen molar-refractivity contribution in [2.24, 2.45) is 16.6 Å². The van der Waals surface area contributed by atoms with Gasteiger partial charge in [-0.3, -0.25) is 9.89 Å². The van der Waals surface area contributed by atoms with E-state index in [1.165, 1.54) is 18.4 Å². The fourth-order valence-corrected chi connectivity index (χ4v) is 2.88. The van der Waals surface area contributed by atoms with Crippen LogP contribution in [-0.4, -0.2) is 44.1 Å². The Morgan fingerprint density at radius 2 is 1.91 bits per heavy atom. The molecule has 0 radical (unpaired) electrons. The van der Waals surface area contributed by atoms with Crippen LogP contribution in [0.2, 0.25) is 0 Å². The van der Waals surface area contributed by atoms with Gasteiger partial charge in [-0.25, -0.2) is 0 Å². The summed E-state index contributed by atoms with van der Waals surface area (Å²) in [4.78, 5) is 6.91. The Morgan fingerprint density at radius 3 is 2.48 bits per heavy atom. The number of aliphatic imine (C=N–C) groups is 1. The number of nitrogens with zero attached hydrogens (tertiary/aromatic N) is 2. The summed E-state index contributed by atoms with van der Waals surface area (Å²) >= 11 is 0. The number of nitrogens with two attached hydrogens (primary N) is 1. The topological polar surface area (TPSA) is 62.9 Å². The van der Waals surface area contributed by atoms with Crippen LogP contribution in [0.3, 0.4) is 0 Å². The summed E-state index contributed by atoms with van der Waals surface area (Å²) in [6.07, 6.45) is 2.53. The molecule has 1 saturated heterocycles. The Balaban J connectivity index is 2.03. The highest BCUT2D eigenvalue weighted by Crippen LogP contribution is 2.26. The van der Waals surface area contributed by atoms with Gasteiger partial charge in [0.25, 0.3) is 0 Å². The van der Waals surface area contributed by atoms with Crippen molar-refractivity contribution in [3.63, 3.8) is 0 Å². The van der Waals surface area contributed by atoms with E-state index in [1.54, 1.807) is 7.11 Å². The number of likely N-dealkylation sites (tertiary alicyclic amines) is 1. The Hall–Kier alpha value is -1.75. The summed E-state index contributed by atoms with van der Waals surface area (Å²) in [5.74, 6) is 1.95. The zero-order valence-electron chi connectivity index (χ0n) is 14.6. The Kier molecular flexibility index (Phi) is 6.71. The van der Waals surface area contributed by atoms with Crippen molar-refractivity contribution in [3.05, 3.63) is 29.8 Å². The predicted octanol–water partition coefficient (Wildman–Crippen LogP) is 2.39. The smallest absolute Gasteiger partial charge is 0.188 e. The largest absolute Gasteiger partial charge is 0.497 e. The van der Waals surface area contributed by atoms with Gasteiger partial charge in [0.1, 0.15) is 5.75 Å². The highest BCUT2D eigenvalue weighted by atomic mass is 16.5. The standard InChI is InChI=1S/C18H30N4O/c1-14(2)12-20-18(19)21-13-17(22-10-4-5-11-22)15-6-8-16(23-3)9-7-15/h6-9,14,17H,4-5,10-13H2,1-3H3,(H3,19,20,21). The lowest BCUT2D eigenvalue weighted by Crippen LogP contribution is -2.40. The zero-order valence-corrected chi connectivity index (χ0v) is 14.6. The molecule has 1 heterocycles. The number of methoxy groups -OCH3 is 1. The minimum atomic E-state index is 0.316. The molecule has 23 heavy (non-hydrogen) atoms. The van der Waals surface area contributed by atoms with Gasteiger partial charge >= 0.3 is 0 Å². The van der Waals surface area contributed by atoms with Gasteiger partial charge in [0.15, 0.2) is 5.96 Å². The number of rotatable bonds is 7. The van der Waals surface area contributed by atoms with Crippen LogP contribution in [0.25, 0.3) is 0 Å².